The molecule has 80 valence electrons. The topological polar surface area (TPSA) is 0 Å². The average molecular weight is 183 g/mol. The van der Waals surface area contributed by atoms with Gasteiger partial charge in [-0.25, -0.2) is 0 Å². The van der Waals surface area contributed by atoms with Gasteiger partial charge in [0, 0.05) is 0 Å². The summed E-state index contributed by atoms with van der Waals surface area (Å²) in [6.07, 6.45) is 12.5. The quantitative estimate of drug-likeness (QED) is 0.349. The Morgan fingerprint density at radius 1 is 0.769 bits per heavy atom. The van der Waals surface area contributed by atoms with E-state index < -0.39 is 0 Å². The lowest BCUT2D eigenvalue weighted by Gasteiger charge is -2.04. The molecule has 0 aromatic heterocycles. The summed E-state index contributed by atoms with van der Waals surface area (Å²) >= 11 is 0. The second-order valence-electron chi connectivity index (χ2n) is 4.51. The van der Waals surface area contributed by atoms with Crippen molar-refractivity contribution in [2.24, 2.45) is 5.92 Å². The molecule has 0 aliphatic heterocycles. The zero-order valence-corrected chi connectivity index (χ0v) is 9.65. The Hall–Kier alpha value is 0. The van der Waals surface area contributed by atoms with Gasteiger partial charge in [0.2, 0.25) is 0 Å². The molecule has 0 radical (unpaired) electrons. The molecule has 0 aliphatic rings. The molecule has 0 bridgehead atoms. The van der Waals surface area contributed by atoms with E-state index in [1.807, 2.05) is 0 Å². The molecule has 0 aliphatic carbocycles. The molecule has 0 heterocycles. The van der Waals surface area contributed by atoms with Gasteiger partial charge in [0.15, 0.2) is 0 Å². The molecule has 0 nitrogen and oxygen atoms in total. The van der Waals surface area contributed by atoms with Crippen LogP contribution in [0.3, 0.4) is 0 Å². The lowest BCUT2D eigenvalue weighted by Crippen LogP contribution is -1.87. The van der Waals surface area contributed by atoms with Gasteiger partial charge >= 0.3 is 0 Å². The van der Waals surface area contributed by atoms with E-state index in [0.717, 1.165) is 12.3 Å². The third-order valence-electron chi connectivity index (χ3n) is 2.53. The van der Waals surface area contributed by atoms with Crippen molar-refractivity contribution in [2.45, 2.75) is 71.6 Å². The molecule has 0 spiro atoms. The first-order valence-electron chi connectivity index (χ1n) is 6.06. The first kappa shape index (κ1) is 13.0. The second-order valence-corrected chi connectivity index (χ2v) is 4.51. The summed E-state index contributed by atoms with van der Waals surface area (Å²) in [6, 6.07) is 0. The Labute approximate surface area is 85.1 Å². The lowest BCUT2D eigenvalue weighted by atomic mass is 10.0. The maximum Gasteiger partial charge on any atom is -0.0471 e. The Balaban J connectivity index is 2.84. The number of hydrogen-bond acceptors (Lipinski definition) is 0. The molecule has 0 aromatic carbocycles. The molecule has 0 N–H and O–H groups in total. The summed E-state index contributed by atoms with van der Waals surface area (Å²) in [5.74, 6) is 0.895. The van der Waals surface area contributed by atoms with Crippen LogP contribution in [0.15, 0.2) is 0 Å². The highest BCUT2D eigenvalue weighted by Crippen LogP contribution is 2.12. The van der Waals surface area contributed by atoms with Gasteiger partial charge in [0.25, 0.3) is 0 Å². The van der Waals surface area contributed by atoms with Crippen molar-refractivity contribution in [3.8, 4) is 0 Å². The van der Waals surface area contributed by atoms with Crippen LogP contribution in [-0.4, -0.2) is 0 Å². The highest BCUT2D eigenvalue weighted by atomic mass is 14.0. The van der Waals surface area contributed by atoms with Crippen LogP contribution >= 0.6 is 0 Å². The summed E-state index contributed by atoms with van der Waals surface area (Å²) in [7, 11) is 0. The van der Waals surface area contributed by atoms with Crippen molar-refractivity contribution in [3.05, 3.63) is 6.92 Å². The van der Waals surface area contributed by atoms with E-state index >= 15 is 0 Å². The van der Waals surface area contributed by atoms with Crippen molar-refractivity contribution < 1.29 is 0 Å². The predicted octanol–water partition coefficient (Wildman–Crippen LogP) is 4.99. The third-order valence-corrected chi connectivity index (χ3v) is 2.53. The van der Waals surface area contributed by atoms with Crippen molar-refractivity contribution >= 4 is 0 Å². The van der Waals surface area contributed by atoms with Crippen molar-refractivity contribution in [1.82, 2.24) is 0 Å². The van der Waals surface area contributed by atoms with Gasteiger partial charge in [-0.15, -0.1) is 0 Å². The molecule has 13 heavy (non-hydrogen) atoms. The second kappa shape index (κ2) is 10.1. The Morgan fingerprint density at radius 3 is 1.69 bits per heavy atom. The van der Waals surface area contributed by atoms with E-state index in [0.29, 0.717) is 0 Å². The van der Waals surface area contributed by atoms with Crippen LogP contribution in [0.25, 0.3) is 0 Å². The SMILES string of the molecule is [CH2-]CCCCCCCCCC(C)C. The van der Waals surface area contributed by atoms with Crippen molar-refractivity contribution in [2.75, 3.05) is 0 Å². The van der Waals surface area contributed by atoms with Crippen molar-refractivity contribution in [1.29, 1.82) is 0 Å². The first-order chi connectivity index (χ1) is 6.27. The maximum absolute atomic E-state index is 3.85. The van der Waals surface area contributed by atoms with Crippen LogP contribution in [0.1, 0.15) is 71.6 Å². The fourth-order valence-corrected chi connectivity index (χ4v) is 1.61. The van der Waals surface area contributed by atoms with E-state index in [1.54, 1.807) is 0 Å². The van der Waals surface area contributed by atoms with E-state index in [1.165, 1.54) is 51.4 Å². The van der Waals surface area contributed by atoms with Gasteiger partial charge < -0.3 is 6.92 Å². The standard InChI is InChI=1S/C13H27/c1-4-5-6-7-8-9-10-11-12-13(2)3/h13H,1,4-12H2,2-3H3/q-1. The first-order valence-corrected chi connectivity index (χ1v) is 6.06. The predicted molar refractivity (Wildman–Crippen MR) is 61.7 cm³/mol. The Kier molecular flexibility index (Phi) is 10.1. The van der Waals surface area contributed by atoms with E-state index in [9.17, 15) is 0 Å². The Morgan fingerprint density at radius 2 is 1.23 bits per heavy atom. The average Bonchev–Trinajstić information content (AvgIpc) is 2.09. The fourth-order valence-electron chi connectivity index (χ4n) is 1.61. The minimum absolute atomic E-state index is 0.895. The molecular weight excluding hydrogens is 156 g/mol. The highest BCUT2D eigenvalue weighted by molar-refractivity contribution is 4.49. The number of unbranched alkanes of at least 4 members (excludes halogenated alkanes) is 7. The largest absolute Gasteiger partial charge is 0.343 e. The van der Waals surface area contributed by atoms with E-state index in [4.69, 9.17) is 0 Å². The normalized spacial score (nSPS) is 11.1. The van der Waals surface area contributed by atoms with Crippen LogP contribution in [0.5, 0.6) is 0 Å². The third kappa shape index (κ3) is 12.0. The molecule has 0 atom stereocenters. The maximum atomic E-state index is 3.85. The molecule has 0 heteroatoms. The Bertz CT molecular complexity index is 84.0. The van der Waals surface area contributed by atoms with Crippen LogP contribution in [-0.2, 0) is 0 Å². The van der Waals surface area contributed by atoms with Gasteiger partial charge in [0.1, 0.15) is 0 Å². The van der Waals surface area contributed by atoms with Gasteiger partial charge in [0.05, 0.1) is 0 Å². The summed E-state index contributed by atoms with van der Waals surface area (Å²) in [5.41, 5.74) is 0. The molecule has 0 rings (SSSR count). The van der Waals surface area contributed by atoms with Gasteiger partial charge in [-0.2, -0.15) is 6.42 Å². The minimum atomic E-state index is 0.895. The van der Waals surface area contributed by atoms with Crippen LogP contribution < -0.4 is 0 Å². The molecular formula is C13H27-. The molecule has 0 saturated carbocycles. The zero-order chi connectivity index (χ0) is 9.94. The summed E-state index contributed by atoms with van der Waals surface area (Å²) in [5, 5.41) is 0. The van der Waals surface area contributed by atoms with E-state index in [2.05, 4.69) is 20.8 Å². The van der Waals surface area contributed by atoms with E-state index in [-0.39, 0.29) is 0 Å². The fraction of sp³-hybridized carbons (Fsp3) is 0.923. The van der Waals surface area contributed by atoms with Gasteiger partial charge in [-0.1, -0.05) is 65.2 Å². The van der Waals surface area contributed by atoms with Crippen LogP contribution in [0.2, 0.25) is 0 Å². The van der Waals surface area contributed by atoms with Crippen LogP contribution in [0, 0.1) is 12.8 Å². The lowest BCUT2D eigenvalue weighted by molar-refractivity contribution is 0.509. The van der Waals surface area contributed by atoms with Gasteiger partial charge in [-0.3, -0.25) is 0 Å². The summed E-state index contributed by atoms with van der Waals surface area (Å²) in [6.45, 7) is 8.48. The minimum Gasteiger partial charge on any atom is -0.343 e. The smallest absolute Gasteiger partial charge is 0.0471 e. The molecule has 0 aromatic rings. The van der Waals surface area contributed by atoms with Crippen LogP contribution in [0.4, 0.5) is 0 Å². The molecule has 0 saturated heterocycles. The zero-order valence-electron chi connectivity index (χ0n) is 9.65. The van der Waals surface area contributed by atoms with Gasteiger partial charge in [-0.05, 0) is 5.92 Å². The molecule has 0 unspecified atom stereocenters. The number of rotatable bonds is 9. The highest BCUT2D eigenvalue weighted by Gasteiger charge is 1.94. The van der Waals surface area contributed by atoms with Crippen molar-refractivity contribution in [3.63, 3.8) is 0 Å². The summed E-state index contributed by atoms with van der Waals surface area (Å²) < 4.78 is 0. The summed E-state index contributed by atoms with van der Waals surface area (Å²) in [4.78, 5) is 0. The molecule has 0 amide bonds. The molecule has 0 fully saturated rings. The number of hydrogen-bond donors (Lipinski definition) is 0. The monoisotopic (exact) mass is 183 g/mol.